The van der Waals surface area contributed by atoms with Crippen LogP contribution in [0.15, 0.2) is 0 Å². The largest absolute Gasteiger partial charge is 2.00 e. The average molecular weight is 381 g/mol. The molecule has 0 spiro atoms. The minimum absolute atomic E-state index is 0. The summed E-state index contributed by atoms with van der Waals surface area (Å²) in [5, 5.41) is 0. The van der Waals surface area contributed by atoms with Gasteiger partial charge in [0.2, 0.25) is 0 Å². The molecule has 0 radical (unpaired) electrons. The second-order valence-corrected chi connectivity index (χ2v) is 7.02. The molecule has 3 atom stereocenters. The molecular formula is C14H32Cl2P2Ti. The minimum Gasteiger partial charge on any atom is -1.00 e. The maximum Gasteiger partial charge on any atom is 2.00 e. The van der Waals surface area contributed by atoms with E-state index >= 15 is 0 Å². The van der Waals surface area contributed by atoms with Crippen molar-refractivity contribution < 1.29 is 46.5 Å². The normalized spacial score (nSPS) is 21.0. The van der Waals surface area contributed by atoms with Crippen LogP contribution in [0.4, 0.5) is 0 Å². The number of halogens is 2. The van der Waals surface area contributed by atoms with E-state index in [0.29, 0.717) is 5.41 Å². The molecule has 1 aliphatic carbocycles. The number of rotatable bonds is 3. The molecule has 0 bridgehead atoms. The molecule has 0 aromatic heterocycles. The van der Waals surface area contributed by atoms with E-state index in [9.17, 15) is 0 Å². The van der Waals surface area contributed by atoms with Gasteiger partial charge in [-0.2, -0.15) is 0 Å². The Kier molecular flexibility index (Phi) is 23.2. The van der Waals surface area contributed by atoms with Crippen LogP contribution in [0.2, 0.25) is 0 Å². The number of hydrogen-bond donors (Lipinski definition) is 0. The van der Waals surface area contributed by atoms with Crippen molar-refractivity contribution in [2.24, 2.45) is 17.3 Å². The summed E-state index contributed by atoms with van der Waals surface area (Å²) in [7, 11) is 3.58. The summed E-state index contributed by atoms with van der Waals surface area (Å²) in [6.07, 6.45) is 5.94. The summed E-state index contributed by atoms with van der Waals surface area (Å²) in [6.45, 7) is 14.0. The first-order valence-electron chi connectivity index (χ1n) is 6.78. The first-order chi connectivity index (χ1) is 7.53. The Labute approximate surface area is 153 Å². The van der Waals surface area contributed by atoms with Gasteiger partial charge in [-0.25, -0.2) is 0 Å². The van der Waals surface area contributed by atoms with Gasteiger partial charge in [-0.3, -0.25) is 0 Å². The Morgan fingerprint density at radius 3 is 1.79 bits per heavy atom. The molecule has 116 valence electrons. The van der Waals surface area contributed by atoms with Gasteiger partial charge >= 0.3 is 21.7 Å². The Hall–Kier alpha value is 2.15. The molecule has 1 saturated carbocycles. The fourth-order valence-corrected chi connectivity index (χ4v) is 4.38. The molecule has 0 aliphatic heterocycles. The third-order valence-electron chi connectivity index (χ3n) is 4.53. The smallest absolute Gasteiger partial charge is 1.00 e. The summed E-state index contributed by atoms with van der Waals surface area (Å²) in [5.74, 6) is 1.73. The Balaban J connectivity index is -0.000000214. The van der Waals surface area contributed by atoms with E-state index in [1.165, 1.54) is 25.7 Å². The zero-order chi connectivity index (χ0) is 12.8. The molecule has 0 saturated heterocycles. The fourth-order valence-electron chi connectivity index (χ4n) is 3.30. The van der Waals surface area contributed by atoms with E-state index in [0.717, 1.165) is 26.1 Å². The maximum absolute atomic E-state index is 2.43. The van der Waals surface area contributed by atoms with Crippen LogP contribution in [-0.2, 0) is 21.7 Å². The van der Waals surface area contributed by atoms with Crippen LogP contribution >= 0.6 is 17.8 Å². The van der Waals surface area contributed by atoms with Crippen LogP contribution in [0.5, 0.6) is 0 Å². The zero-order valence-corrected chi connectivity index (χ0v) is 18.6. The van der Waals surface area contributed by atoms with Gasteiger partial charge in [-0.15, -0.1) is 17.8 Å². The number of hydrogen-bond acceptors (Lipinski definition) is 0. The minimum atomic E-state index is 0. The van der Waals surface area contributed by atoms with Crippen LogP contribution < -0.4 is 24.8 Å². The molecule has 0 aromatic carbocycles. The third-order valence-corrected chi connectivity index (χ3v) is 5.84. The predicted octanol–water partition coefficient (Wildman–Crippen LogP) is -0.967. The molecule has 3 unspecified atom stereocenters. The SMILES string of the molecule is CP.CPC1CCCC(C(C)C)(C(C)C)C1.[Cl-].[Cl-].[Ti+2]. The van der Waals surface area contributed by atoms with Crippen LogP contribution in [-0.4, -0.2) is 19.0 Å². The van der Waals surface area contributed by atoms with E-state index in [2.05, 4.69) is 43.6 Å². The summed E-state index contributed by atoms with van der Waals surface area (Å²) >= 11 is 0. The van der Waals surface area contributed by atoms with Crippen molar-refractivity contribution in [2.75, 3.05) is 13.3 Å². The molecule has 19 heavy (non-hydrogen) atoms. The molecule has 1 fully saturated rings. The van der Waals surface area contributed by atoms with Gasteiger partial charge in [0.05, 0.1) is 0 Å². The van der Waals surface area contributed by atoms with Crippen molar-refractivity contribution in [2.45, 2.75) is 59.0 Å². The van der Waals surface area contributed by atoms with Gasteiger partial charge in [-0.1, -0.05) is 40.8 Å². The second-order valence-electron chi connectivity index (χ2n) is 5.62. The molecule has 1 rings (SSSR count). The molecule has 1 aliphatic rings. The Bertz CT molecular complexity index is 182. The van der Waals surface area contributed by atoms with Gasteiger partial charge < -0.3 is 24.8 Å². The summed E-state index contributed by atoms with van der Waals surface area (Å²) in [5.41, 5.74) is 1.69. The van der Waals surface area contributed by atoms with Crippen molar-refractivity contribution in [3.63, 3.8) is 0 Å². The maximum atomic E-state index is 2.43. The van der Waals surface area contributed by atoms with Crippen molar-refractivity contribution >= 4 is 17.8 Å². The molecular weight excluding hydrogens is 349 g/mol. The standard InChI is InChI=1S/C13H27P.CH5P.2ClH.Ti/c1-10(2)13(11(3)4)8-6-7-12(9-13)14-5;1-2;;;/h10-12,14H,6-9H2,1-5H3;2H2,1H3;2*1H;/q;;;;+2/p-2. The van der Waals surface area contributed by atoms with Crippen molar-refractivity contribution in [3.8, 4) is 0 Å². The quantitative estimate of drug-likeness (QED) is 0.436. The van der Waals surface area contributed by atoms with Crippen molar-refractivity contribution in [1.82, 2.24) is 0 Å². The van der Waals surface area contributed by atoms with Gasteiger partial charge in [0, 0.05) is 0 Å². The molecule has 0 heterocycles. The van der Waals surface area contributed by atoms with E-state index in [1.54, 1.807) is 0 Å². The van der Waals surface area contributed by atoms with Crippen LogP contribution in [0.1, 0.15) is 53.4 Å². The van der Waals surface area contributed by atoms with E-state index in [4.69, 9.17) is 0 Å². The molecule has 0 N–H and O–H groups in total. The van der Waals surface area contributed by atoms with E-state index in [-0.39, 0.29) is 46.5 Å². The third kappa shape index (κ3) is 8.38. The van der Waals surface area contributed by atoms with E-state index in [1.807, 2.05) is 6.66 Å². The van der Waals surface area contributed by atoms with Crippen LogP contribution in [0.25, 0.3) is 0 Å². The summed E-state index contributed by atoms with van der Waals surface area (Å²) in [6, 6.07) is 0. The first-order valence-corrected chi connectivity index (χ1v) is 9.51. The Morgan fingerprint density at radius 2 is 1.47 bits per heavy atom. The fraction of sp³-hybridized carbons (Fsp3) is 1.00. The molecule has 0 aromatic rings. The van der Waals surface area contributed by atoms with Crippen molar-refractivity contribution in [3.05, 3.63) is 0 Å². The van der Waals surface area contributed by atoms with Gasteiger partial charge in [-0.05, 0) is 48.8 Å². The zero-order valence-electron chi connectivity index (χ0n) is 13.4. The Morgan fingerprint density at radius 1 is 1.05 bits per heavy atom. The summed E-state index contributed by atoms with van der Waals surface area (Å²) < 4.78 is 0. The molecule has 0 nitrogen and oxygen atoms in total. The van der Waals surface area contributed by atoms with Crippen LogP contribution in [0, 0.1) is 17.3 Å². The second kappa shape index (κ2) is 15.1. The van der Waals surface area contributed by atoms with Crippen molar-refractivity contribution in [1.29, 1.82) is 0 Å². The van der Waals surface area contributed by atoms with Crippen LogP contribution in [0.3, 0.4) is 0 Å². The first kappa shape index (κ1) is 29.2. The predicted molar refractivity (Wildman–Crippen MR) is 84.2 cm³/mol. The van der Waals surface area contributed by atoms with Gasteiger partial charge in [0.1, 0.15) is 0 Å². The molecule has 0 amide bonds. The van der Waals surface area contributed by atoms with Gasteiger partial charge in [0.15, 0.2) is 0 Å². The topological polar surface area (TPSA) is 0 Å². The van der Waals surface area contributed by atoms with Gasteiger partial charge in [0.25, 0.3) is 0 Å². The van der Waals surface area contributed by atoms with E-state index < -0.39 is 0 Å². The summed E-state index contributed by atoms with van der Waals surface area (Å²) in [4.78, 5) is 0. The molecule has 5 heteroatoms. The average Bonchev–Trinajstić information content (AvgIpc) is 2.31. The monoisotopic (exact) mass is 380 g/mol.